The van der Waals surface area contributed by atoms with Crippen LogP contribution in [0.1, 0.15) is 22.9 Å². The highest BCUT2D eigenvalue weighted by atomic mass is 16.4. The lowest BCUT2D eigenvalue weighted by Gasteiger charge is -2.19. The van der Waals surface area contributed by atoms with Crippen molar-refractivity contribution in [2.45, 2.75) is 26.9 Å². The minimum Gasteiger partial charge on any atom is -0.444 e. The molecule has 0 unspecified atom stereocenters. The first kappa shape index (κ1) is 13.8. The Morgan fingerprint density at radius 3 is 2.47 bits per heavy atom. The van der Waals surface area contributed by atoms with Crippen LogP contribution in [-0.2, 0) is 13.1 Å². The summed E-state index contributed by atoms with van der Waals surface area (Å²) in [5.74, 6) is 1.65. The molecule has 0 amide bonds. The van der Waals surface area contributed by atoms with E-state index in [1.54, 1.807) is 0 Å². The van der Waals surface area contributed by atoms with E-state index in [0.717, 1.165) is 30.4 Å². The number of aromatic nitrogens is 1. The third kappa shape index (κ3) is 3.91. The SMILES string of the molecule is Cc1nc(CN(CCN)Cc2ccccc2)oc1C. The largest absolute Gasteiger partial charge is 0.444 e. The first-order valence-electron chi connectivity index (χ1n) is 6.58. The Labute approximate surface area is 114 Å². The number of nitrogens with two attached hydrogens (primary N) is 1. The molecule has 4 heteroatoms. The van der Waals surface area contributed by atoms with Gasteiger partial charge in [0, 0.05) is 19.6 Å². The molecule has 19 heavy (non-hydrogen) atoms. The van der Waals surface area contributed by atoms with Crippen LogP contribution in [0.15, 0.2) is 34.7 Å². The third-order valence-electron chi connectivity index (χ3n) is 3.13. The van der Waals surface area contributed by atoms with Crippen LogP contribution < -0.4 is 5.73 Å². The number of hydrogen-bond acceptors (Lipinski definition) is 4. The summed E-state index contributed by atoms with van der Waals surface area (Å²) < 4.78 is 5.64. The zero-order valence-electron chi connectivity index (χ0n) is 11.6. The van der Waals surface area contributed by atoms with E-state index in [4.69, 9.17) is 10.2 Å². The average molecular weight is 259 g/mol. The fraction of sp³-hybridized carbons (Fsp3) is 0.400. The molecular formula is C15H21N3O. The summed E-state index contributed by atoms with van der Waals surface area (Å²) in [6.45, 7) is 6.92. The van der Waals surface area contributed by atoms with E-state index in [1.807, 2.05) is 19.9 Å². The van der Waals surface area contributed by atoms with Crippen LogP contribution in [0, 0.1) is 13.8 Å². The van der Waals surface area contributed by atoms with Crippen molar-refractivity contribution in [2.75, 3.05) is 13.1 Å². The lowest BCUT2D eigenvalue weighted by Crippen LogP contribution is -2.28. The molecule has 0 aliphatic heterocycles. The highest BCUT2D eigenvalue weighted by Crippen LogP contribution is 2.12. The molecule has 2 rings (SSSR count). The number of hydrogen-bond donors (Lipinski definition) is 1. The molecule has 2 aromatic rings. The van der Waals surface area contributed by atoms with Crippen LogP contribution in [-0.4, -0.2) is 23.0 Å². The molecule has 4 nitrogen and oxygen atoms in total. The van der Waals surface area contributed by atoms with E-state index in [1.165, 1.54) is 5.56 Å². The second-order valence-electron chi connectivity index (χ2n) is 4.73. The van der Waals surface area contributed by atoms with Gasteiger partial charge in [-0.15, -0.1) is 0 Å². The summed E-state index contributed by atoms with van der Waals surface area (Å²) in [6, 6.07) is 10.4. The van der Waals surface area contributed by atoms with Gasteiger partial charge in [0.15, 0.2) is 0 Å². The van der Waals surface area contributed by atoms with Crippen LogP contribution in [0.25, 0.3) is 0 Å². The second kappa shape index (κ2) is 6.50. The molecule has 0 bridgehead atoms. The topological polar surface area (TPSA) is 55.3 Å². The summed E-state index contributed by atoms with van der Waals surface area (Å²) in [6.07, 6.45) is 0. The van der Waals surface area contributed by atoms with Crippen molar-refractivity contribution < 1.29 is 4.42 Å². The maximum Gasteiger partial charge on any atom is 0.208 e. The highest BCUT2D eigenvalue weighted by molar-refractivity contribution is 5.14. The van der Waals surface area contributed by atoms with Gasteiger partial charge in [-0.1, -0.05) is 30.3 Å². The van der Waals surface area contributed by atoms with Crippen molar-refractivity contribution in [1.29, 1.82) is 0 Å². The molecule has 1 aromatic carbocycles. The molecule has 0 saturated heterocycles. The number of rotatable bonds is 6. The van der Waals surface area contributed by atoms with E-state index in [0.29, 0.717) is 13.1 Å². The zero-order valence-corrected chi connectivity index (χ0v) is 11.6. The second-order valence-corrected chi connectivity index (χ2v) is 4.73. The molecule has 0 aliphatic rings. The minimum atomic E-state index is 0.630. The van der Waals surface area contributed by atoms with E-state index in [-0.39, 0.29) is 0 Å². The van der Waals surface area contributed by atoms with Gasteiger partial charge < -0.3 is 10.2 Å². The Morgan fingerprint density at radius 1 is 1.16 bits per heavy atom. The van der Waals surface area contributed by atoms with Crippen LogP contribution in [0.5, 0.6) is 0 Å². The standard InChI is InChI=1S/C15H21N3O/c1-12-13(2)19-15(17-12)11-18(9-8-16)10-14-6-4-3-5-7-14/h3-7H,8-11,16H2,1-2H3. The van der Waals surface area contributed by atoms with Crippen molar-refractivity contribution in [3.05, 3.63) is 53.2 Å². The number of aryl methyl sites for hydroxylation is 2. The van der Waals surface area contributed by atoms with Gasteiger partial charge in [-0.2, -0.15) is 0 Å². The molecule has 0 saturated carbocycles. The highest BCUT2D eigenvalue weighted by Gasteiger charge is 2.11. The Hall–Kier alpha value is -1.65. The van der Waals surface area contributed by atoms with Crippen LogP contribution in [0.3, 0.4) is 0 Å². The van der Waals surface area contributed by atoms with Crippen LogP contribution >= 0.6 is 0 Å². The van der Waals surface area contributed by atoms with Crippen molar-refractivity contribution in [3.63, 3.8) is 0 Å². The average Bonchev–Trinajstić information content (AvgIpc) is 2.70. The number of benzene rings is 1. The zero-order chi connectivity index (χ0) is 13.7. The maximum absolute atomic E-state index is 5.68. The number of nitrogens with zero attached hydrogens (tertiary/aromatic N) is 2. The van der Waals surface area contributed by atoms with Gasteiger partial charge in [0.25, 0.3) is 0 Å². The molecule has 102 valence electrons. The lowest BCUT2D eigenvalue weighted by molar-refractivity contribution is 0.235. The summed E-state index contributed by atoms with van der Waals surface area (Å²) in [5, 5.41) is 0. The number of oxazole rings is 1. The summed E-state index contributed by atoms with van der Waals surface area (Å²) in [4.78, 5) is 6.67. The molecule has 0 aliphatic carbocycles. The molecule has 0 atom stereocenters. The summed E-state index contributed by atoms with van der Waals surface area (Å²) in [7, 11) is 0. The predicted molar refractivity (Wildman–Crippen MR) is 75.6 cm³/mol. The Balaban J connectivity index is 2.03. The summed E-state index contributed by atoms with van der Waals surface area (Å²) in [5.41, 5.74) is 7.91. The Bertz CT molecular complexity index is 488. The van der Waals surface area contributed by atoms with Gasteiger partial charge in [0.05, 0.1) is 12.2 Å². The van der Waals surface area contributed by atoms with E-state index < -0.39 is 0 Å². The maximum atomic E-state index is 5.68. The Kier molecular flexibility index (Phi) is 4.71. The smallest absolute Gasteiger partial charge is 0.208 e. The van der Waals surface area contributed by atoms with Gasteiger partial charge in [-0.3, -0.25) is 4.90 Å². The van der Waals surface area contributed by atoms with Gasteiger partial charge in [-0.05, 0) is 19.4 Å². The molecular weight excluding hydrogens is 238 g/mol. The van der Waals surface area contributed by atoms with Gasteiger partial charge >= 0.3 is 0 Å². The first-order valence-corrected chi connectivity index (χ1v) is 6.58. The van der Waals surface area contributed by atoms with Crippen molar-refractivity contribution in [2.24, 2.45) is 5.73 Å². The van der Waals surface area contributed by atoms with Gasteiger partial charge in [0.2, 0.25) is 5.89 Å². The lowest BCUT2D eigenvalue weighted by atomic mass is 10.2. The molecule has 0 fully saturated rings. The van der Waals surface area contributed by atoms with Crippen LogP contribution in [0.2, 0.25) is 0 Å². The normalized spacial score (nSPS) is 11.2. The van der Waals surface area contributed by atoms with Crippen molar-refractivity contribution in [1.82, 2.24) is 9.88 Å². The molecule has 0 spiro atoms. The summed E-state index contributed by atoms with van der Waals surface area (Å²) >= 11 is 0. The monoisotopic (exact) mass is 259 g/mol. The first-order chi connectivity index (χ1) is 9.19. The molecule has 1 aromatic heterocycles. The van der Waals surface area contributed by atoms with Gasteiger partial charge in [0.1, 0.15) is 5.76 Å². The fourth-order valence-corrected chi connectivity index (χ4v) is 2.04. The molecule has 1 heterocycles. The van der Waals surface area contributed by atoms with E-state index in [9.17, 15) is 0 Å². The molecule has 2 N–H and O–H groups in total. The van der Waals surface area contributed by atoms with Crippen molar-refractivity contribution in [3.8, 4) is 0 Å². The van der Waals surface area contributed by atoms with Gasteiger partial charge in [-0.25, -0.2) is 4.98 Å². The van der Waals surface area contributed by atoms with Crippen LogP contribution in [0.4, 0.5) is 0 Å². The van der Waals surface area contributed by atoms with E-state index >= 15 is 0 Å². The van der Waals surface area contributed by atoms with E-state index in [2.05, 4.69) is 34.1 Å². The molecule has 0 radical (unpaired) electrons. The third-order valence-corrected chi connectivity index (χ3v) is 3.13. The quantitative estimate of drug-likeness (QED) is 0.864. The Morgan fingerprint density at radius 2 is 1.89 bits per heavy atom. The predicted octanol–water partition coefficient (Wildman–Crippen LogP) is 2.25. The van der Waals surface area contributed by atoms with Crippen molar-refractivity contribution >= 4 is 0 Å². The minimum absolute atomic E-state index is 0.630. The fourth-order valence-electron chi connectivity index (χ4n) is 2.04.